The lowest BCUT2D eigenvalue weighted by molar-refractivity contribution is 0.578. The Kier molecular flexibility index (Phi) is 3.32. The Morgan fingerprint density at radius 3 is 2.62 bits per heavy atom. The Morgan fingerprint density at radius 1 is 1.50 bits per heavy atom. The number of halogens is 2. The van der Waals surface area contributed by atoms with Gasteiger partial charge in [-0.25, -0.2) is 13.1 Å². The van der Waals surface area contributed by atoms with E-state index in [1.165, 1.54) is 6.07 Å². The molecule has 0 aliphatic heterocycles. The van der Waals surface area contributed by atoms with Crippen molar-refractivity contribution >= 4 is 37.6 Å². The lowest BCUT2D eigenvalue weighted by atomic mass is 10.4. The van der Waals surface area contributed by atoms with Gasteiger partial charge in [0.15, 0.2) is 0 Å². The van der Waals surface area contributed by atoms with Gasteiger partial charge in [0.05, 0.1) is 5.02 Å². The predicted molar refractivity (Wildman–Crippen MR) is 67.0 cm³/mol. The Labute approximate surface area is 108 Å². The van der Waals surface area contributed by atoms with Crippen molar-refractivity contribution in [1.82, 2.24) is 4.72 Å². The predicted octanol–water partition coefficient (Wildman–Crippen LogP) is 2.79. The summed E-state index contributed by atoms with van der Waals surface area (Å²) in [4.78, 5) is 0.136. The molecule has 1 saturated carbocycles. The molecule has 0 aromatic heterocycles. The van der Waals surface area contributed by atoms with Crippen LogP contribution in [0, 0.1) is 5.92 Å². The summed E-state index contributed by atoms with van der Waals surface area (Å²) in [5.41, 5.74) is 0. The largest absolute Gasteiger partial charge is 0.242 e. The number of nitrogens with one attached hydrogen (secondary N) is 1. The van der Waals surface area contributed by atoms with Crippen molar-refractivity contribution < 1.29 is 8.42 Å². The smallest absolute Gasteiger partial charge is 0.208 e. The summed E-state index contributed by atoms with van der Waals surface area (Å²) < 4.78 is 27.3. The van der Waals surface area contributed by atoms with Gasteiger partial charge in [0.1, 0.15) is 4.90 Å². The molecule has 0 bridgehead atoms. The van der Waals surface area contributed by atoms with Gasteiger partial charge in [-0.1, -0.05) is 34.5 Å². The lowest BCUT2D eigenvalue weighted by Crippen LogP contribution is -2.27. The minimum atomic E-state index is -3.48. The average Bonchev–Trinajstić information content (AvgIpc) is 2.79. The van der Waals surface area contributed by atoms with E-state index in [9.17, 15) is 8.42 Å². The van der Waals surface area contributed by atoms with Gasteiger partial charge in [0.2, 0.25) is 10.0 Å². The number of sulfonamides is 1. The van der Waals surface area contributed by atoms with Crippen LogP contribution in [0.1, 0.15) is 13.3 Å². The third-order valence-corrected chi connectivity index (χ3v) is 5.07. The molecule has 6 heteroatoms. The summed E-state index contributed by atoms with van der Waals surface area (Å²) in [5.74, 6) is 0.420. The number of benzene rings is 1. The molecule has 1 aliphatic rings. The van der Waals surface area contributed by atoms with Crippen LogP contribution >= 0.6 is 27.5 Å². The third kappa shape index (κ3) is 2.59. The summed E-state index contributed by atoms with van der Waals surface area (Å²) in [5, 5.41) is 0.232. The van der Waals surface area contributed by atoms with Crippen molar-refractivity contribution in [1.29, 1.82) is 0 Å². The normalized spacial score (nSPS) is 24.4. The molecular formula is C10H11BrClNO2S. The molecule has 1 aliphatic carbocycles. The van der Waals surface area contributed by atoms with E-state index < -0.39 is 10.0 Å². The number of rotatable bonds is 3. The Hall–Kier alpha value is -0.100. The summed E-state index contributed by atoms with van der Waals surface area (Å²) in [7, 11) is -3.48. The van der Waals surface area contributed by atoms with E-state index in [2.05, 4.69) is 20.7 Å². The van der Waals surface area contributed by atoms with Gasteiger partial charge in [0.25, 0.3) is 0 Å². The van der Waals surface area contributed by atoms with Gasteiger partial charge in [-0.05, 0) is 30.5 Å². The fourth-order valence-electron chi connectivity index (χ4n) is 1.44. The van der Waals surface area contributed by atoms with Crippen LogP contribution in [0.2, 0.25) is 5.02 Å². The summed E-state index contributed by atoms with van der Waals surface area (Å²) in [6, 6.07) is 4.80. The standard InChI is InChI=1S/C10H11BrClNO2S/c1-6-4-9(6)13-16(14,15)10-3-2-7(11)5-8(10)12/h2-3,5-6,9,13H,4H2,1H3. The summed E-state index contributed by atoms with van der Waals surface area (Å²) >= 11 is 9.14. The van der Waals surface area contributed by atoms with Crippen LogP contribution < -0.4 is 4.72 Å². The molecule has 0 radical (unpaired) electrons. The maximum absolute atomic E-state index is 11.9. The fraction of sp³-hybridized carbons (Fsp3) is 0.400. The minimum Gasteiger partial charge on any atom is -0.208 e. The van der Waals surface area contributed by atoms with E-state index in [0.29, 0.717) is 5.92 Å². The average molecular weight is 325 g/mol. The van der Waals surface area contributed by atoms with Crippen LogP contribution in [0.25, 0.3) is 0 Å². The van der Waals surface area contributed by atoms with Crippen molar-refractivity contribution in [3.8, 4) is 0 Å². The highest BCUT2D eigenvalue weighted by atomic mass is 79.9. The van der Waals surface area contributed by atoms with Crippen LogP contribution in [-0.2, 0) is 10.0 Å². The first-order valence-electron chi connectivity index (χ1n) is 4.87. The zero-order valence-electron chi connectivity index (χ0n) is 8.57. The maximum atomic E-state index is 11.9. The minimum absolute atomic E-state index is 0.0599. The first-order valence-corrected chi connectivity index (χ1v) is 7.53. The maximum Gasteiger partial charge on any atom is 0.242 e. The third-order valence-electron chi connectivity index (χ3n) is 2.60. The van der Waals surface area contributed by atoms with Gasteiger partial charge >= 0.3 is 0 Å². The van der Waals surface area contributed by atoms with Crippen molar-refractivity contribution in [2.24, 2.45) is 5.92 Å². The molecule has 1 fully saturated rings. The number of hydrogen-bond acceptors (Lipinski definition) is 2. The van der Waals surface area contributed by atoms with E-state index in [1.54, 1.807) is 12.1 Å². The molecule has 88 valence electrons. The monoisotopic (exact) mass is 323 g/mol. The van der Waals surface area contributed by atoms with Crippen molar-refractivity contribution in [2.75, 3.05) is 0 Å². The second kappa shape index (κ2) is 4.29. The lowest BCUT2D eigenvalue weighted by Gasteiger charge is -2.07. The van der Waals surface area contributed by atoms with Gasteiger partial charge in [-0.3, -0.25) is 0 Å². The second-order valence-corrected chi connectivity index (χ2v) is 7.02. The van der Waals surface area contributed by atoms with Crippen LogP contribution in [0.4, 0.5) is 0 Å². The van der Waals surface area contributed by atoms with Gasteiger partial charge < -0.3 is 0 Å². The van der Waals surface area contributed by atoms with Crippen molar-refractivity contribution in [2.45, 2.75) is 24.3 Å². The summed E-state index contributed by atoms with van der Waals surface area (Å²) in [6.07, 6.45) is 0.896. The Morgan fingerprint density at radius 2 is 2.12 bits per heavy atom. The highest BCUT2D eigenvalue weighted by molar-refractivity contribution is 9.10. The number of hydrogen-bond donors (Lipinski definition) is 1. The molecule has 0 amide bonds. The van der Waals surface area contributed by atoms with Crippen molar-refractivity contribution in [3.05, 3.63) is 27.7 Å². The summed E-state index contributed by atoms with van der Waals surface area (Å²) in [6.45, 7) is 2.01. The Bertz CT molecular complexity index is 518. The molecule has 2 unspecified atom stereocenters. The highest BCUT2D eigenvalue weighted by Gasteiger charge is 2.36. The first-order chi connectivity index (χ1) is 7.40. The van der Waals surface area contributed by atoms with E-state index in [4.69, 9.17) is 11.6 Å². The van der Waals surface area contributed by atoms with Crippen LogP contribution in [0.3, 0.4) is 0 Å². The van der Waals surface area contributed by atoms with Gasteiger partial charge in [-0.2, -0.15) is 0 Å². The molecule has 1 aromatic carbocycles. The zero-order valence-corrected chi connectivity index (χ0v) is 11.7. The van der Waals surface area contributed by atoms with Crippen LogP contribution in [0.15, 0.2) is 27.6 Å². The van der Waals surface area contributed by atoms with Crippen molar-refractivity contribution in [3.63, 3.8) is 0 Å². The van der Waals surface area contributed by atoms with Gasteiger partial charge in [-0.15, -0.1) is 0 Å². The van der Waals surface area contributed by atoms with Gasteiger partial charge in [0, 0.05) is 10.5 Å². The van der Waals surface area contributed by atoms with E-state index >= 15 is 0 Å². The van der Waals surface area contributed by atoms with Crippen LogP contribution in [0.5, 0.6) is 0 Å². The van der Waals surface area contributed by atoms with E-state index in [1.807, 2.05) is 6.92 Å². The molecular weight excluding hydrogens is 314 g/mol. The molecule has 2 rings (SSSR count). The SMILES string of the molecule is CC1CC1NS(=O)(=O)c1ccc(Br)cc1Cl. The fourth-order valence-corrected chi connectivity index (χ4v) is 3.84. The van der Waals surface area contributed by atoms with E-state index in [-0.39, 0.29) is 16.0 Å². The quantitative estimate of drug-likeness (QED) is 0.929. The first kappa shape index (κ1) is 12.4. The molecule has 2 atom stereocenters. The highest BCUT2D eigenvalue weighted by Crippen LogP contribution is 2.32. The molecule has 1 aromatic rings. The molecule has 0 spiro atoms. The second-order valence-electron chi connectivity index (χ2n) is 4.02. The zero-order chi connectivity index (χ0) is 11.9. The molecule has 0 saturated heterocycles. The molecule has 0 heterocycles. The Balaban J connectivity index is 2.28. The van der Waals surface area contributed by atoms with Crippen LogP contribution in [-0.4, -0.2) is 14.5 Å². The molecule has 16 heavy (non-hydrogen) atoms. The van der Waals surface area contributed by atoms with E-state index in [0.717, 1.165) is 10.9 Å². The molecule has 3 nitrogen and oxygen atoms in total. The topological polar surface area (TPSA) is 46.2 Å². The molecule has 1 N–H and O–H groups in total.